The van der Waals surface area contributed by atoms with E-state index in [9.17, 15) is 14.4 Å². The van der Waals surface area contributed by atoms with Crippen molar-refractivity contribution in [1.29, 1.82) is 0 Å². The van der Waals surface area contributed by atoms with Crippen molar-refractivity contribution in [2.24, 2.45) is 23.7 Å². The van der Waals surface area contributed by atoms with Crippen LogP contribution in [-0.2, 0) is 14.4 Å². The molecule has 0 aromatic heterocycles. The van der Waals surface area contributed by atoms with Crippen LogP contribution in [0.3, 0.4) is 0 Å². The van der Waals surface area contributed by atoms with Crippen LogP contribution in [0.2, 0.25) is 0 Å². The van der Waals surface area contributed by atoms with Gasteiger partial charge >= 0.3 is 5.97 Å². The maximum atomic E-state index is 12.7. The van der Waals surface area contributed by atoms with Crippen molar-refractivity contribution < 1.29 is 19.1 Å². The highest BCUT2D eigenvalue weighted by atomic mass is 16.5. The molecule has 0 radical (unpaired) electrons. The molecule has 0 N–H and O–H groups in total. The van der Waals surface area contributed by atoms with Gasteiger partial charge in [-0.2, -0.15) is 0 Å². The molecule has 1 aliphatic heterocycles. The minimum atomic E-state index is -0.396. The molecule has 22 heavy (non-hydrogen) atoms. The van der Waals surface area contributed by atoms with Crippen LogP contribution in [0.25, 0.3) is 0 Å². The van der Waals surface area contributed by atoms with Gasteiger partial charge in [0.15, 0.2) is 0 Å². The summed E-state index contributed by atoms with van der Waals surface area (Å²) in [5.74, 6) is 0.458. The maximum Gasteiger partial charge on any atom is 0.308 e. The molecule has 4 atom stereocenters. The highest BCUT2D eigenvalue weighted by Gasteiger charge is 2.61. The van der Waals surface area contributed by atoms with E-state index >= 15 is 0 Å². The van der Waals surface area contributed by atoms with Gasteiger partial charge in [0, 0.05) is 6.92 Å². The number of ether oxygens (including phenoxy) is 1. The van der Waals surface area contributed by atoms with Gasteiger partial charge in [-0.3, -0.25) is 19.3 Å². The normalized spacial score (nSPS) is 32.5. The highest BCUT2D eigenvalue weighted by molar-refractivity contribution is 6.22. The first-order valence-corrected chi connectivity index (χ1v) is 7.72. The minimum absolute atomic E-state index is 0.0533. The average molecular weight is 299 g/mol. The number of benzene rings is 1. The summed E-state index contributed by atoms with van der Waals surface area (Å²) in [6.45, 7) is 1.33. The molecule has 0 unspecified atom stereocenters. The van der Waals surface area contributed by atoms with E-state index in [4.69, 9.17) is 4.74 Å². The van der Waals surface area contributed by atoms with Gasteiger partial charge in [0.05, 0.1) is 17.5 Å². The number of amides is 2. The lowest BCUT2D eigenvalue weighted by atomic mass is 9.81. The fraction of sp³-hybridized carbons (Fsp3) is 0.471. The molecule has 4 rings (SSSR count). The molecule has 3 aliphatic rings. The van der Waals surface area contributed by atoms with E-state index in [1.165, 1.54) is 11.8 Å². The molecule has 5 heteroatoms. The van der Waals surface area contributed by atoms with Crippen molar-refractivity contribution in [3.8, 4) is 5.75 Å². The molecule has 2 amide bonds. The summed E-state index contributed by atoms with van der Waals surface area (Å²) in [4.78, 5) is 37.6. The molecular weight excluding hydrogens is 282 g/mol. The smallest absolute Gasteiger partial charge is 0.308 e. The first-order chi connectivity index (χ1) is 10.6. The number of hydrogen-bond donors (Lipinski definition) is 0. The van der Waals surface area contributed by atoms with Crippen molar-refractivity contribution in [3.05, 3.63) is 24.3 Å². The monoisotopic (exact) mass is 299 g/mol. The van der Waals surface area contributed by atoms with Crippen molar-refractivity contribution >= 4 is 23.5 Å². The molecule has 1 aromatic carbocycles. The summed E-state index contributed by atoms with van der Waals surface area (Å²) >= 11 is 0. The summed E-state index contributed by atoms with van der Waals surface area (Å²) in [5.41, 5.74) is 0.569. The van der Waals surface area contributed by atoms with Gasteiger partial charge in [-0.05, 0) is 55.4 Å². The minimum Gasteiger partial charge on any atom is -0.427 e. The van der Waals surface area contributed by atoms with Crippen LogP contribution in [0.4, 0.5) is 5.69 Å². The van der Waals surface area contributed by atoms with E-state index in [-0.39, 0.29) is 23.7 Å². The van der Waals surface area contributed by atoms with Gasteiger partial charge in [-0.25, -0.2) is 0 Å². The van der Waals surface area contributed by atoms with Crippen molar-refractivity contribution in [3.63, 3.8) is 0 Å². The van der Waals surface area contributed by atoms with Crippen LogP contribution in [0.1, 0.15) is 26.2 Å². The summed E-state index contributed by atoms with van der Waals surface area (Å²) in [6.07, 6.45) is 3.18. The summed E-state index contributed by atoms with van der Waals surface area (Å²) < 4.78 is 4.98. The molecule has 1 saturated heterocycles. The van der Waals surface area contributed by atoms with Gasteiger partial charge in [-0.1, -0.05) is 0 Å². The summed E-state index contributed by atoms with van der Waals surface area (Å²) in [5, 5.41) is 0. The Morgan fingerprint density at radius 1 is 1.05 bits per heavy atom. The van der Waals surface area contributed by atoms with E-state index in [1.807, 2.05) is 0 Å². The third-order valence-electron chi connectivity index (χ3n) is 5.28. The zero-order valence-corrected chi connectivity index (χ0v) is 12.3. The second-order valence-corrected chi connectivity index (χ2v) is 6.48. The standard InChI is InChI=1S/C17H17NO4/c1-9(19)22-13-6-4-12(5-7-13)18-16(20)14-10-2-3-11(8-10)15(14)17(18)21/h4-7,10-11,14-15H,2-3,8H2,1H3/t10-,11+,14-,15-/m0/s1. The predicted molar refractivity (Wildman–Crippen MR) is 78.1 cm³/mol. The SMILES string of the molecule is CC(=O)Oc1ccc(N2C(=O)[C@H]3[C@@H]4CC[C@@H](C4)[C@@H]3C2=O)cc1. The number of fused-ring (bicyclic) bond motifs is 5. The fourth-order valence-corrected chi connectivity index (χ4v) is 4.49. The average Bonchev–Trinajstić information content (AvgIpc) is 3.14. The molecule has 2 bridgehead atoms. The molecule has 5 nitrogen and oxygen atoms in total. The lowest BCUT2D eigenvalue weighted by Crippen LogP contribution is -2.32. The lowest BCUT2D eigenvalue weighted by Gasteiger charge is -2.19. The molecule has 114 valence electrons. The Hall–Kier alpha value is -2.17. The Labute approximate surface area is 128 Å². The van der Waals surface area contributed by atoms with E-state index < -0.39 is 5.97 Å². The molecule has 3 fully saturated rings. The summed E-state index contributed by atoms with van der Waals surface area (Å²) in [7, 11) is 0. The third kappa shape index (κ3) is 1.81. The number of nitrogens with zero attached hydrogens (tertiary/aromatic N) is 1. The zero-order chi connectivity index (χ0) is 15.4. The first kappa shape index (κ1) is 13.5. The van der Waals surface area contributed by atoms with Crippen molar-refractivity contribution in [1.82, 2.24) is 0 Å². The maximum absolute atomic E-state index is 12.7. The van der Waals surface area contributed by atoms with E-state index in [0.29, 0.717) is 23.3 Å². The van der Waals surface area contributed by atoms with Crippen LogP contribution in [0, 0.1) is 23.7 Å². The second kappa shape index (κ2) is 4.66. The molecule has 2 saturated carbocycles. The van der Waals surface area contributed by atoms with Crippen LogP contribution in [0.15, 0.2) is 24.3 Å². The Kier molecular flexibility index (Phi) is 2.86. The van der Waals surface area contributed by atoms with Gasteiger partial charge in [-0.15, -0.1) is 0 Å². The Morgan fingerprint density at radius 3 is 2.09 bits per heavy atom. The molecular formula is C17H17NO4. The quantitative estimate of drug-likeness (QED) is 0.477. The Balaban J connectivity index is 1.62. The van der Waals surface area contributed by atoms with Gasteiger partial charge in [0.1, 0.15) is 5.75 Å². The van der Waals surface area contributed by atoms with Gasteiger partial charge < -0.3 is 4.74 Å². The largest absolute Gasteiger partial charge is 0.427 e. The number of carbonyl (C=O) groups is 3. The number of rotatable bonds is 2. The lowest BCUT2D eigenvalue weighted by molar-refractivity contribution is -0.132. The van der Waals surface area contributed by atoms with E-state index in [2.05, 4.69) is 0 Å². The number of anilines is 1. The fourth-order valence-electron chi connectivity index (χ4n) is 4.49. The van der Waals surface area contributed by atoms with Crippen LogP contribution >= 0.6 is 0 Å². The first-order valence-electron chi connectivity index (χ1n) is 7.72. The van der Waals surface area contributed by atoms with Gasteiger partial charge in [0.2, 0.25) is 11.8 Å². The van der Waals surface area contributed by atoms with Crippen LogP contribution in [-0.4, -0.2) is 17.8 Å². The van der Waals surface area contributed by atoms with Gasteiger partial charge in [0.25, 0.3) is 0 Å². The van der Waals surface area contributed by atoms with Crippen LogP contribution < -0.4 is 9.64 Å². The topological polar surface area (TPSA) is 63.7 Å². The summed E-state index contributed by atoms with van der Waals surface area (Å²) in [6, 6.07) is 6.55. The van der Waals surface area contributed by atoms with E-state index in [1.54, 1.807) is 24.3 Å². The molecule has 0 spiro atoms. The third-order valence-corrected chi connectivity index (χ3v) is 5.28. The second-order valence-electron chi connectivity index (χ2n) is 6.48. The zero-order valence-electron chi connectivity index (χ0n) is 12.3. The highest BCUT2D eigenvalue weighted by Crippen LogP contribution is 2.56. The van der Waals surface area contributed by atoms with Crippen LogP contribution in [0.5, 0.6) is 5.75 Å². The van der Waals surface area contributed by atoms with Crippen molar-refractivity contribution in [2.45, 2.75) is 26.2 Å². The van der Waals surface area contributed by atoms with E-state index in [0.717, 1.165) is 19.3 Å². The Morgan fingerprint density at radius 2 is 1.59 bits per heavy atom. The number of hydrogen-bond acceptors (Lipinski definition) is 4. The number of esters is 1. The number of carbonyl (C=O) groups excluding carboxylic acids is 3. The predicted octanol–water partition coefficient (Wildman–Crippen LogP) is 2.15. The molecule has 1 heterocycles. The number of imide groups is 1. The molecule has 1 aromatic rings. The molecule has 2 aliphatic carbocycles. The van der Waals surface area contributed by atoms with Crippen molar-refractivity contribution in [2.75, 3.05) is 4.90 Å². The Bertz CT molecular complexity index is 638.